The van der Waals surface area contributed by atoms with Crippen LogP contribution in [-0.2, 0) is 0 Å². The highest BCUT2D eigenvalue weighted by atomic mass is 32.1. The van der Waals surface area contributed by atoms with Crippen molar-refractivity contribution in [2.75, 3.05) is 11.9 Å². The highest BCUT2D eigenvalue weighted by Crippen LogP contribution is 2.28. The van der Waals surface area contributed by atoms with Gasteiger partial charge in [0.1, 0.15) is 5.82 Å². The third kappa shape index (κ3) is 3.49. The Hall–Kier alpha value is -2.61. The molecule has 140 valence electrons. The predicted octanol–water partition coefficient (Wildman–Crippen LogP) is 4.02. The average molecular weight is 385 g/mol. The standard InChI is InChI=1S/C19H20FN5OS/c1-11-4-3-6-25(11)18(26)16-17-15(5-7-27-17)23-19(24-16)22-12(2)13-8-14(20)10-21-9-13/h5,7-12H,3-4,6H2,1-2H3,(H,22,23,24)/t11-,12?/m0/s1. The van der Waals surface area contributed by atoms with Crippen LogP contribution in [0.5, 0.6) is 0 Å². The van der Waals surface area contributed by atoms with E-state index in [1.54, 1.807) is 6.20 Å². The van der Waals surface area contributed by atoms with E-state index in [9.17, 15) is 9.18 Å². The quantitative estimate of drug-likeness (QED) is 0.734. The number of hydrogen-bond acceptors (Lipinski definition) is 6. The number of aromatic nitrogens is 3. The number of amides is 1. The molecular formula is C19H20FN5OS. The molecule has 6 nitrogen and oxygen atoms in total. The topological polar surface area (TPSA) is 71.0 Å². The van der Waals surface area contributed by atoms with Crippen molar-refractivity contribution >= 4 is 33.4 Å². The third-order valence-electron chi connectivity index (χ3n) is 4.89. The van der Waals surface area contributed by atoms with E-state index in [-0.39, 0.29) is 18.0 Å². The van der Waals surface area contributed by atoms with Crippen LogP contribution in [-0.4, -0.2) is 38.3 Å². The van der Waals surface area contributed by atoms with Crippen molar-refractivity contribution in [3.05, 3.63) is 47.0 Å². The van der Waals surface area contributed by atoms with Crippen molar-refractivity contribution in [1.29, 1.82) is 0 Å². The molecule has 1 fully saturated rings. The van der Waals surface area contributed by atoms with Crippen LogP contribution < -0.4 is 5.32 Å². The lowest BCUT2D eigenvalue weighted by molar-refractivity contribution is 0.0744. The van der Waals surface area contributed by atoms with Gasteiger partial charge >= 0.3 is 0 Å². The Balaban J connectivity index is 1.67. The Morgan fingerprint density at radius 2 is 2.26 bits per heavy atom. The zero-order valence-corrected chi connectivity index (χ0v) is 16.0. The van der Waals surface area contributed by atoms with E-state index in [1.807, 2.05) is 23.3 Å². The van der Waals surface area contributed by atoms with Crippen LogP contribution in [0.15, 0.2) is 29.9 Å². The molecule has 4 rings (SSSR count). The van der Waals surface area contributed by atoms with Crippen LogP contribution in [0.4, 0.5) is 10.3 Å². The molecule has 1 aliphatic heterocycles. The lowest BCUT2D eigenvalue weighted by Gasteiger charge is -2.21. The summed E-state index contributed by atoms with van der Waals surface area (Å²) in [5, 5.41) is 5.08. The molecule has 0 aromatic carbocycles. The van der Waals surface area contributed by atoms with Crippen molar-refractivity contribution in [3.63, 3.8) is 0 Å². The summed E-state index contributed by atoms with van der Waals surface area (Å²) in [5.41, 5.74) is 1.85. The first-order valence-electron chi connectivity index (χ1n) is 8.96. The first-order valence-corrected chi connectivity index (χ1v) is 9.84. The number of likely N-dealkylation sites (tertiary alicyclic amines) is 1. The van der Waals surface area contributed by atoms with Gasteiger partial charge in [-0.2, -0.15) is 0 Å². The number of hydrogen-bond donors (Lipinski definition) is 1. The molecule has 3 aromatic rings. The molecule has 1 saturated heterocycles. The van der Waals surface area contributed by atoms with Gasteiger partial charge in [-0.3, -0.25) is 9.78 Å². The third-order valence-corrected chi connectivity index (χ3v) is 5.80. The molecule has 0 saturated carbocycles. The molecule has 2 atom stereocenters. The van der Waals surface area contributed by atoms with Crippen LogP contribution in [0.1, 0.15) is 48.8 Å². The molecule has 27 heavy (non-hydrogen) atoms. The summed E-state index contributed by atoms with van der Waals surface area (Å²) in [6.07, 6.45) is 4.79. The monoisotopic (exact) mass is 385 g/mol. The van der Waals surface area contributed by atoms with E-state index in [2.05, 4.69) is 27.2 Å². The number of nitrogens with zero attached hydrogens (tertiary/aromatic N) is 4. The summed E-state index contributed by atoms with van der Waals surface area (Å²) < 4.78 is 14.2. The summed E-state index contributed by atoms with van der Waals surface area (Å²) in [7, 11) is 0. The maximum atomic E-state index is 13.4. The fraction of sp³-hybridized carbons (Fsp3) is 0.368. The van der Waals surface area contributed by atoms with Crippen molar-refractivity contribution < 1.29 is 9.18 Å². The second kappa shape index (κ2) is 7.19. The largest absolute Gasteiger partial charge is 0.348 e. The molecule has 1 amide bonds. The number of nitrogens with one attached hydrogen (secondary N) is 1. The van der Waals surface area contributed by atoms with Crippen LogP contribution in [0.2, 0.25) is 0 Å². The first-order chi connectivity index (χ1) is 13.0. The number of rotatable bonds is 4. The number of thiophene rings is 1. The number of anilines is 1. The number of carbonyl (C=O) groups is 1. The zero-order valence-electron chi connectivity index (χ0n) is 15.1. The molecule has 0 radical (unpaired) electrons. The highest BCUT2D eigenvalue weighted by Gasteiger charge is 2.29. The zero-order chi connectivity index (χ0) is 19.0. The van der Waals surface area contributed by atoms with Crippen molar-refractivity contribution in [3.8, 4) is 0 Å². The van der Waals surface area contributed by atoms with Crippen molar-refractivity contribution in [1.82, 2.24) is 19.9 Å². The maximum Gasteiger partial charge on any atom is 0.274 e. The minimum atomic E-state index is -0.394. The van der Waals surface area contributed by atoms with Gasteiger partial charge in [-0.15, -0.1) is 11.3 Å². The van der Waals surface area contributed by atoms with E-state index in [0.717, 1.165) is 35.8 Å². The van der Waals surface area contributed by atoms with Crippen LogP contribution in [0.3, 0.4) is 0 Å². The molecule has 8 heteroatoms. The normalized spacial score (nSPS) is 18.0. The lowest BCUT2D eigenvalue weighted by Crippen LogP contribution is -2.34. The summed E-state index contributed by atoms with van der Waals surface area (Å²) in [6, 6.07) is 3.27. The van der Waals surface area contributed by atoms with Crippen molar-refractivity contribution in [2.45, 2.75) is 38.8 Å². The Morgan fingerprint density at radius 3 is 3.00 bits per heavy atom. The average Bonchev–Trinajstić information content (AvgIpc) is 3.29. The second-order valence-electron chi connectivity index (χ2n) is 6.82. The molecule has 0 bridgehead atoms. The van der Waals surface area contributed by atoms with Gasteiger partial charge in [-0.05, 0) is 49.8 Å². The molecule has 1 aliphatic rings. The number of fused-ring (bicyclic) bond motifs is 1. The van der Waals surface area contributed by atoms with Crippen LogP contribution >= 0.6 is 11.3 Å². The molecule has 0 spiro atoms. The van der Waals surface area contributed by atoms with Crippen molar-refractivity contribution in [2.24, 2.45) is 0 Å². The Kier molecular flexibility index (Phi) is 4.73. The lowest BCUT2D eigenvalue weighted by atomic mass is 10.1. The number of halogens is 1. The van der Waals surface area contributed by atoms with Crippen LogP contribution in [0, 0.1) is 5.82 Å². The summed E-state index contributed by atoms with van der Waals surface area (Å²) in [5.74, 6) is -0.0971. The Morgan fingerprint density at radius 1 is 1.41 bits per heavy atom. The van der Waals surface area contributed by atoms with E-state index >= 15 is 0 Å². The molecule has 3 aromatic heterocycles. The highest BCUT2D eigenvalue weighted by molar-refractivity contribution is 7.17. The maximum absolute atomic E-state index is 13.4. The van der Waals surface area contributed by atoms with E-state index in [0.29, 0.717) is 17.2 Å². The number of pyridine rings is 1. The minimum absolute atomic E-state index is 0.0574. The SMILES string of the molecule is CC(Nc1nc(C(=O)N2CCC[C@@H]2C)c2sccc2n1)c1cncc(F)c1. The first kappa shape index (κ1) is 17.8. The Labute approximate surface area is 160 Å². The minimum Gasteiger partial charge on any atom is -0.348 e. The van der Waals surface area contributed by atoms with Gasteiger partial charge in [0.25, 0.3) is 5.91 Å². The molecule has 1 N–H and O–H groups in total. The second-order valence-corrected chi connectivity index (χ2v) is 7.74. The van der Waals surface area contributed by atoms with Crippen LogP contribution in [0.25, 0.3) is 10.2 Å². The van der Waals surface area contributed by atoms with E-state index in [4.69, 9.17) is 0 Å². The van der Waals surface area contributed by atoms with Gasteiger partial charge in [0.2, 0.25) is 5.95 Å². The van der Waals surface area contributed by atoms with E-state index in [1.165, 1.54) is 17.4 Å². The van der Waals surface area contributed by atoms with Gasteiger partial charge < -0.3 is 10.2 Å². The van der Waals surface area contributed by atoms with Gasteiger partial charge in [0, 0.05) is 18.8 Å². The van der Waals surface area contributed by atoms with E-state index < -0.39 is 5.82 Å². The summed E-state index contributed by atoms with van der Waals surface area (Å²) in [6.45, 7) is 4.70. The molecular weight excluding hydrogens is 365 g/mol. The smallest absolute Gasteiger partial charge is 0.274 e. The summed E-state index contributed by atoms with van der Waals surface area (Å²) >= 11 is 1.47. The molecule has 0 aliphatic carbocycles. The molecule has 4 heterocycles. The van der Waals surface area contributed by atoms with Gasteiger partial charge in [0.15, 0.2) is 5.69 Å². The molecule has 1 unspecified atom stereocenters. The van der Waals surface area contributed by atoms with Gasteiger partial charge in [0.05, 0.1) is 22.5 Å². The fourth-order valence-corrected chi connectivity index (χ4v) is 4.20. The Bertz CT molecular complexity index is 991. The number of carbonyl (C=O) groups excluding carboxylic acids is 1. The fourth-order valence-electron chi connectivity index (χ4n) is 3.39. The van der Waals surface area contributed by atoms with Gasteiger partial charge in [-0.1, -0.05) is 0 Å². The predicted molar refractivity (Wildman–Crippen MR) is 103 cm³/mol. The summed E-state index contributed by atoms with van der Waals surface area (Å²) in [4.78, 5) is 27.9. The van der Waals surface area contributed by atoms with Gasteiger partial charge in [-0.25, -0.2) is 14.4 Å².